The van der Waals surface area contributed by atoms with Crippen LogP contribution in [0.2, 0.25) is 10.0 Å². The van der Waals surface area contributed by atoms with Crippen LogP contribution in [0.1, 0.15) is 28.8 Å². The zero-order valence-corrected chi connectivity index (χ0v) is 13.9. The van der Waals surface area contributed by atoms with Crippen molar-refractivity contribution in [1.29, 1.82) is 0 Å². The minimum Gasteiger partial charge on any atom is -0.354 e. The molecule has 0 radical (unpaired) electrons. The Labute approximate surface area is 144 Å². The van der Waals surface area contributed by atoms with E-state index in [9.17, 15) is 4.79 Å². The Morgan fingerprint density at radius 3 is 2.61 bits per heavy atom. The Bertz CT molecular complexity index is 702. The van der Waals surface area contributed by atoms with Gasteiger partial charge < -0.3 is 10.6 Å². The zero-order chi connectivity index (χ0) is 16.2. The number of carbonyl (C=O) groups is 1. The van der Waals surface area contributed by atoms with Crippen molar-refractivity contribution in [3.05, 3.63) is 51.8 Å². The fourth-order valence-corrected chi connectivity index (χ4v) is 2.57. The quantitative estimate of drug-likeness (QED) is 0.838. The summed E-state index contributed by atoms with van der Waals surface area (Å²) in [6, 6.07) is 5.76. The Balaban J connectivity index is 1.51. The number of carbonyl (C=O) groups excluding carboxylic acids is 1. The van der Waals surface area contributed by atoms with E-state index in [1.165, 1.54) is 12.4 Å². The molecule has 0 saturated heterocycles. The molecule has 1 amide bonds. The lowest BCUT2D eigenvalue weighted by atomic mass is 10.1. The van der Waals surface area contributed by atoms with E-state index in [0.717, 1.165) is 24.8 Å². The van der Waals surface area contributed by atoms with Gasteiger partial charge in [-0.25, -0.2) is 9.97 Å². The predicted molar refractivity (Wildman–Crippen MR) is 91.2 cm³/mol. The van der Waals surface area contributed by atoms with Gasteiger partial charge in [-0.05, 0) is 37.0 Å². The summed E-state index contributed by atoms with van der Waals surface area (Å²) in [7, 11) is 0. The lowest BCUT2D eigenvalue weighted by Gasteiger charge is -2.07. The highest BCUT2D eigenvalue weighted by Gasteiger charge is 2.23. The van der Waals surface area contributed by atoms with Gasteiger partial charge in [0.05, 0.1) is 5.56 Å². The first kappa shape index (κ1) is 16.0. The molecule has 1 fully saturated rings. The van der Waals surface area contributed by atoms with Crippen molar-refractivity contribution in [3.8, 4) is 0 Å². The fourth-order valence-electron chi connectivity index (χ4n) is 2.07. The number of amides is 1. The summed E-state index contributed by atoms with van der Waals surface area (Å²) in [6.45, 7) is 0.634. The van der Waals surface area contributed by atoms with Crippen molar-refractivity contribution < 1.29 is 4.79 Å². The van der Waals surface area contributed by atoms with Gasteiger partial charge in [0.15, 0.2) is 0 Å². The van der Waals surface area contributed by atoms with Crippen LogP contribution in [-0.4, -0.2) is 28.5 Å². The molecule has 1 aliphatic rings. The predicted octanol–water partition coefficient (Wildman–Crippen LogP) is 3.33. The fraction of sp³-hybridized carbons (Fsp3) is 0.312. The number of aromatic nitrogens is 2. The average Bonchev–Trinajstić information content (AvgIpc) is 3.34. The molecule has 0 bridgehead atoms. The second kappa shape index (κ2) is 7.15. The average molecular weight is 351 g/mol. The normalized spacial score (nSPS) is 13.7. The minimum absolute atomic E-state index is 0.119. The molecule has 0 unspecified atom stereocenters. The molecule has 1 aromatic heterocycles. The van der Waals surface area contributed by atoms with Crippen LogP contribution in [0.25, 0.3) is 0 Å². The molecule has 7 heteroatoms. The van der Waals surface area contributed by atoms with Crippen LogP contribution in [-0.2, 0) is 6.42 Å². The molecule has 120 valence electrons. The van der Waals surface area contributed by atoms with Gasteiger partial charge in [0.1, 0.15) is 0 Å². The van der Waals surface area contributed by atoms with Crippen molar-refractivity contribution in [1.82, 2.24) is 15.3 Å². The summed E-state index contributed by atoms with van der Waals surface area (Å²) in [4.78, 5) is 20.1. The Hall–Kier alpha value is -1.85. The standard InChI is InChI=1S/C16H16Cl2N4O/c17-12-2-1-10(14(18)7-12)5-6-19-16-20-8-11(9-21-16)15(23)22-13-3-4-13/h1-2,7-9,13H,3-6H2,(H,22,23)(H,19,20,21). The van der Waals surface area contributed by atoms with Gasteiger partial charge in [0.2, 0.25) is 5.95 Å². The van der Waals surface area contributed by atoms with E-state index in [1.54, 1.807) is 6.07 Å². The number of anilines is 1. The second-order valence-electron chi connectivity index (χ2n) is 5.46. The molecule has 0 aliphatic heterocycles. The third kappa shape index (κ3) is 4.56. The maximum absolute atomic E-state index is 11.8. The Kier molecular flexibility index (Phi) is 4.98. The van der Waals surface area contributed by atoms with Gasteiger partial charge in [-0.15, -0.1) is 0 Å². The van der Waals surface area contributed by atoms with Crippen LogP contribution in [0.15, 0.2) is 30.6 Å². The molecule has 1 saturated carbocycles. The van der Waals surface area contributed by atoms with E-state index in [-0.39, 0.29) is 5.91 Å². The smallest absolute Gasteiger partial charge is 0.254 e. The molecule has 5 nitrogen and oxygen atoms in total. The maximum atomic E-state index is 11.8. The van der Waals surface area contributed by atoms with Crippen LogP contribution in [0.5, 0.6) is 0 Å². The number of benzene rings is 1. The van der Waals surface area contributed by atoms with Crippen molar-refractivity contribution in [2.24, 2.45) is 0 Å². The molecule has 1 heterocycles. The van der Waals surface area contributed by atoms with E-state index in [4.69, 9.17) is 23.2 Å². The van der Waals surface area contributed by atoms with Crippen LogP contribution in [0.3, 0.4) is 0 Å². The van der Waals surface area contributed by atoms with Gasteiger partial charge in [-0.1, -0.05) is 29.3 Å². The highest BCUT2D eigenvalue weighted by atomic mass is 35.5. The van der Waals surface area contributed by atoms with Crippen LogP contribution in [0, 0.1) is 0 Å². The van der Waals surface area contributed by atoms with Gasteiger partial charge in [-0.2, -0.15) is 0 Å². The van der Waals surface area contributed by atoms with Gasteiger partial charge in [0.25, 0.3) is 5.91 Å². The third-order valence-electron chi connectivity index (χ3n) is 3.52. The van der Waals surface area contributed by atoms with Crippen molar-refractivity contribution in [2.45, 2.75) is 25.3 Å². The van der Waals surface area contributed by atoms with Crippen molar-refractivity contribution in [2.75, 3.05) is 11.9 Å². The molecule has 0 atom stereocenters. The number of hydrogen-bond acceptors (Lipinski definition) is 4. The monoisotopic (exact) mass is 350 g/mol. The summed E-state index contributed by atoms with van der Waals surface area (Å²) in [6.07, 6.45) is 5.90. The lowest BCUT2D eigenvalue weighted by molar-refractivity contribution is 0.0950. The Morgan fingerprint density at radius 2 is 1.96 bits per heavy atom. The van der Waals surface area contributed by atoms with Gasteiger partial charge >= 0.3 is 0 Å². The number of nitrogens with zero attached hydrogens (tertiary/aromatic N) is 2. The van der Waals surface area contributed by atoms with Crippen molar-refractivity contribution in [3.63, 3.8) is 0 Å². The van der Waals surface area contributed by atoms with E-state index in [0.29, 0.717) is 34.1 Å². The number of nitrogens with one attached hydrogen (secondary N) is 2. The number of hydrogen-bond donors (Lipinski definition) is 2. The summed E-state index contributed by atoms with van der Waals surface area (Å²) in [5.74, 6) is 0.366. The van der Waals surface area contributed by atoms with E-state index < -0.39 is 0 Å². The topological polar surface area (TPSA) is 66.9 Å². The molecule has 1 aliphatic carbocycles. The first-order valence-corrected chi connectivity index (χ1v) is 8.18. The third-order valence-corrected chi connectivity index (χ3v) is 4.11. The largest absolute Gasteiger partial charge is 0.354 e. The van der Waals surface area contributed by atoms with E-state index in [1.807, 2.05) is 12.1 Å². The second-order valence-corrected chi connectivity index (χ2v) is 6.30. The molecule has 2 aromatic rings. The highest BCUT2D eigenvalue weighted by molar-refractivity contribution is 6.35. The van der Waals surface area contributed by atoms with Gasteiger partial charge in [0, 0.05) is 35.0 Å². The lowest BCUT2D eigenvalue weighted by Crippen LogP contribution is -2.25. The zero-order valence-electron chi connectivity index (χ0n) is 12.4. The summed E-state index contributed by atoms with van der Waals surface area (Å²) in [5.41, 5.74) is 1.48. The first-order valence-electron chi connectivity index (χ1n) is 7.42. The Morgan fingerprint density at radius 1 is 1.22 bits per heavy atom. The summed E-state index contributed by atoms with van der Waals surface area (Å²) < 4.78 is 0. The molecular formula is C16H16Cl2N4O. The molecule has 1 aromatic carbocycles. The molecule has 3 rings (SSSR count). The van der Waals surface area contributed by atoms with Crippen LogP contribution < -0.4 is 10.6 Å². The van der Waals surface area contributed by atoms with Crippen LogP contribution in [0.4, 0.5) is 5.95 Å². The SMILES string of the molecule is O=C(NC1CC1)c1cnc(NCCc2ccc(Cl)cc2Cl)nc1. The minimum atomic E-state index is -0.119. The van der Waals surface area contributed by atoms with E-state index >= 15 is 0 Å². The molecule has 2 N–H and O–H groups in total. The van der Waals surface area contributed by atoms with Crippen LogP contribution >= 0.6 is 23.2 Å². The molecular weight excluding hydrogens is 335 g/mol. The summed E-state index contributed by atoms with van der Waals surface area (Å²) >= 11 is 12.0. The first-order chi connectivity index (χ1) is 11.1. The number of rotatable bonds is 6. The molecule has 23 heavy (non-hydrogen) atoms. The van der Waals surface area contributed by atoms with Gasteiger partial charge in [-0.3, -0.25) is 4.79 Å². The molecule has 0 spiro atoms. The summed E-state index contributed by atoms with van der Waals surface area (Å²) in [5, 5.41) is 7.28. The highest BCUT2D eigenvalue weighted by Crippen LogP contribution is 2.21. The van der Waals surface area contributed by atoms with Crippen molar-refractivity contribution >= 4 is 35.1 Å². The number of halogens is 2. The van der Waals surface area contributed by atoms with E-state index in [2.05, 4.69) is 20.6 Å². The maximum Gasteiger partial charge on any atom is 0.254 e.